The molecule has 1 saturated heterocycles. The first kappa shape index (κ1) is 16.8. The van der Waals surface area contributed by atoms with E-state index in [4.69, 9.17) is 4.74 Å². The lowest BCUT2D eigenvalue weighted by Crippen LogP contribution is -2.59. The third-order valence-electron chi connectivity index (χ3n) is 6.70. The minimum absolute atomic E-state index is 0.0529. The maximum absolute atomic E-state index is 12.1. The van der Waals surface area contributed by atoms with E-state index in [0.717, 1.165) is 32.6 Å². The molecule has 2 bridgehead atoms. The zero-order chi connectivity index (χ0) is 18.4. The molecule has 140 valence electrons. The lowest BCUT2D eigenvalue weighted by Gasteiger charge is -2.56. The van der Waals surface area contributed by atoms with Crippen LogP contribution in [0.25, 0.3) is 0 Å². The molecular weight excluding hydrogens is 336 g/mol. The van der Waals surface area contributed by atoms with Crippen LogP contribution in [0.5, 0.6) is 0 Å². The van der Waals surface area contributed by atoms with Crippen LogP contribution >= 0.6 is 0 Å². The second-order valence-corrected chi connectivity index (χ2v) is 7.80. The molecule has 1 fully saturated rings. The Morgan fingerprint density at radius 2 is 1.59 bits per heavy atom. The highest BCUT2D eigenvalue weighted by atomic mass is 16.6. The fourth-order valence-corrected chi connectivity index (χ4v) is 5.59. The van der Waals surface area contributed by atoms with Gasteiger partial charge in [0.25, 0.3) is 0 Å². The Balaban J connectivity index is 1.54. The molecule has 0 unspecified atom stereocenters. The predicted octanol–water partition coefficient (Wildman–Crippen LogP) is 3.94. The van der Waals surface area contributed by atoms with E-state index in [1.54, 1.807) is 0 Å². The second-order valence-electron chi connectivity index (χ2n) is 7.80. The van der Waals surface area contributed by atoms with E-state index in [0.29, 0.717) is 12.5 Å². The zero-order valence-corrected chi connectivity index (χ0v) is 15.9. The molecule has 0 N–H and O–H groups in total. The molecule has 0 atom stereocenters. The molecule has 6 rings (SSSR count). The van der Waals surface area contributed by atoms with Gasteiger partial charge in [0.2, 0.25) is 0 Å². The fraction of sp³-hybridized carbons (Fsp3) is 0.435. The van der Waals surface area contributed by atoms with Crippen LogP contribution in [0.3, 0.4) is 0 Å². The Labute approximate surface area is 160 Å². The number of fused-ring (bicyclic) bond motifs is 1. The standard InChI is InChI=1S/C23H26N2O2/c1-2-27-22(26)24-13-15-25(16-14-24)23-12-11-17(18-7-3-5-9-20(18)23)19-8-4-6-10-21(19)23/h3-10,17H,2,11-16H2,1H3. The van der Waals surface area contributed by atoms with Crippen molar-refractivity contribution in [3.8, 4) is 0 Å². The smallest absolute Gasteiger partial charge is 0.409 e. The highest BCUT2D eigenvalue weighted by Gasteiger charge is 2.51. The topological polar surface area (TPSA) is 32.8 Å². The van der Waals surface area contributed by atoms with E-state index < -0.39 is 0 Å². The monoisotopic (exact) mass is 362 g/mol. The Hall–Kier alpha value is -2.33. The van der Waals surface area contributed by atoms with Gasteiger partial charge in [-0.25, -0.2) is 4.79 Å². The van der Waals surface area contributed by atoms with Gasteiger partial charge in [-0.2, -0.15) is 0 Å². The zero-order valence-electron chi connectivity index (χ0n) is 15.9. The normalized spacial score (nSPS) is 26.4. The van der Waals surface area contributed by atoms with Gasteiger partial charge in [0.05, 0.1) is 12.1 Å². The molecule has 27 heavy (non-hydrogen) atoms. The number of amides is 1. The van der Waals surface area contributed by atoms with Crippen LogP contribution in [-0.2, 0) is 10.3 Å². The van der Waals surface area contributed by atoms with Crippen molar-refractivity contribution in [3.05, 3.63) is 70.8 Å². The van der Waals surface area contributed by atoms with Crippen molar-refractivity contribution >= 4 is 6.09 Å². The first-order valence-corrected chi connectivity index (χ1v) is 10.1. The number of hydrogen-bond acceptors (Lipinski definition) is 3. The lowest BCUT2D eigenvalue weighted by atomic mass is 9.58. The number of rotatable bonds is 2. The first-order valence-electron chi connectivity index (χ1n) is 10.1. The summed E-state index contributed by atoms with van der Waals surface area (Å²) in [5.41, 5.74) is 5.89. The van der Waals surface area contributed by atoms with Gasteiger partial charge in [0.1, 0.15) is 0 Å². The van der Waals surface area contributed by atoms with Gasteiger partial charge in [-0.15, -0.1) is 0 Å². The second kappa shape index (κ2) is 6.38. The van der Waals surface area contributed by atoms with E-state index >= 15 is 0 Å². The summed E-state index contributed by atoms with van der Waals surface area (Å²) in [6.07, 6.45) is 2.18. The number of carbonyl (C=O) groups is 1. The van der Waals surface area contributed by atoms with Crippen LogP contribution in [-0.4, -0.2) is 48.7 Å². The summed E-state index contributed by atoms with van der Waals surface area (Å²) in [5, 5.41) is 0. The van der Waals surface area contributed by atoms with Gasteiger partial charge >= 0.3 is 6.09 Å². The first-order chi connectivity index (χ1) is 13.3. The molecular formula is C23H26N2O2. The number of hydrogen-bond donors (Lipinski definition) is 0. The van der Waals surface area contributed by atoms with Crippen LogP contribution in [0.1, 0.15) is 47.9 Å². The van der Waals surface area contributed by atoms with Crippen molar-refractivity contribution < 1.29 is 9.53 Å². The highest BCUT2D eigenvalue weighted by molar-refractivity contribution is 5.67. The molecule has 1 aliphatic heterocycles. The summed E-state index contributed by atoms with van der Waals surface area (Å²) < 4.78 is 5.20. The Morgan fingerprint density at radius 3 is 2.19 bits per heavy atom. The van der Waals surface area contributed by atoms with E-state index in [1.165, 1.54) is 28.7 Å². The molecule has 2 aromatic carbocycles. The summed E-state index contributed by atoms with van der Waals surface area (Å²) in [6, 6.07) is 18.0. The molecule has 0 radical (unpaired) electrons. The maximum Gasteiger partial charge on any atom is 0.409 e. The van der Waals surface area contributed by atoms with E-state index in [2.05, 4.69) is 53.4 Å². The maximum atomic E-state index is 12.1. The summed E-state index contributed by atoms with van der Waals surface area (Å²) in [7, 11) is 0. The fourth-order valence-electron chi connectivity index (χ4n) is 5.59. The third kappa shape index (κ3) is 2.36. The summed E-state index contributed by atoms with van der Waals surface area (Å²) >= 11 is 0. The minimum atomic E-state index is -0.178. The van der Waals surface area contributed by atoms with Gasteiger partial charge in [0.15, 0.2) is 0 Å². The van der Waals surface area contributed by atoms with Crippen LogP contribution in [0.2, 0.25) is 0 Å². The van der Waals surface area contributed by atoms with Crippen LogP contribution < -0.4 is 0 Å². The van der Waals surface area contributed by atoms with Gasteiger partial charge in [-0.1, -0.05) is 48.5 Å². The Kier molecular flexibility index (Phi) is 3.97. The SMILES string of the molecule is CCOC(=O)N1CCN(C23CCC(c4ccccc42)c2ccccc23)CC1. The van der Waals surface area contributed by atoms with E-state index in [1.807, 2.05) is 11.8 Å². The number of carbonyl (C=O) groups excluding carboxylic acids is 1. The van der Waals surface area contributed by atoms with Gasteiger partial charge in [-0.05, 0) is 42.0 Å². The molecule has 4 heteroatoms. The van der Waals surface area contributed by atoms with Crippen molar-refractivity contribution in [1.29, 1.82) is 0 Å². The Morgan fingerprint density at radius 1 is 1.00 bits per heavy atom. The quantitative estimate of drug-likeness (QED) is 0.811. The van der Waals surface area contributed by atoms with Crippen molar-refractivity contribution in [2.24, 2.45) is 0 Å². The summed E-state index contributed by atoms with van der Waals surface area (Å²) in [4.78, 5) is 16.6. The molecule has 1 amide bonds. The molecule has 4 nitrogen and oxygen atoms in total. The molecule has 1 heterocycles. The van der Waals surface area contributed by atoms with Crippen molar-refractivity contribution in [1.82, 2.24) is 9.80 Å². The summed E-state index contributed by atoms with van der Waals surface area (Å²) in [6.45, 7) is 5.52. The number of ether oxygens (including phenoxy) is 1. The predicted molar refractivity (Wildman–Crippen MR) is 105 cm³/mol. The minimum Gasteiger partial charge on any atom is -0.450 e. The van der Waals surface area contributed by atoms with Crippen LogP contribution in [0.4, 0.5) is 4.79 Å². The van der Waals surface area contributed by atoms with E-state index in [-0.39, 0.29) is 11.6 Å². The molecule has 3 aliphatic carbocycles. The average Bonchev–Trinajstić information content (AvgIpc) is 2.74. The number of piperazine rings is 1. The van der Waals surface area contributed by atoms with Crippen molar-refractivity contribution in [3.63, 3.8) is 0 Å². The highest BCUT2D eigenvalue weighted by Crippen LogP contribution is 2.57. The Bertz CT molecular complexity index is 823. The molecule has 0 saturated carbocycles. The molecule has 0 aromatic heterocycles. The van der Waals surface area contributed by atoms with Crippen LogP contribution in [0, 0.1) is 0 Å². The number of benzene rings is 2. The van der Waals surface area contributed by atoms with Crippen molar-refractivity contribution in [2.45, 2.75) is 31.2 Å². The molecule has 4 aliphatic rings. The summed E-state index contributed by atoms with van der Waals surface area (Å²) in [5.74, 6) is 0.528. The third-order valence-corrected chi connectivity index (χ3v) is 6.70. The largest absolute Gasteiger partial charge is 0.450 e. The van der Waals surface area contributed by atoms with Gasteiger partial charge < -0.3 is 9.64 Å². The van der Waals surface area contributed by atoms with Gasteiger partial charge in [-0.3, -0.25) is 4.90 Å². The van der Waals surface area contributed by atoms with Gasteiger partial charge in [0, 0.05) is 32.1 Å². The van der Waals surface area contributed by atoms with E-state index in [9.17, 15) is 4.79 Å². The van der Waals surface area contributed by atoms with Crippen molar-refractivity contribution in [2.75, 3.05) is 32.8 Å². The molecule has 0 spiro atoms. The number of nitrogens with zero attached hydrogens (tertiary/aromatic N) is 2. The lowest BCUT2D eigenvalue weighted by molar-refractivity contribution is 0.0284. The van der Waals surface area contributed by atoms with Crippen LogP contribution in [0.15, 0.2) is 48.5 Å². The molecule has 2 aromatic rings. The average molecular weight is 362 g/mol.